The molecule has 0 saturated carbocycles. The Morgan fingerprint density at radius 2 is 1.79 bits per heavy atom. The molecule has 2 amide bonds. The maximum absolute atomic E-state index is 14.6. The molecule has 0 aliphatic carbocycles. The fraction of sp³-hybridized carbons (Fsp3) is 0.200. The van der Waals surface area contributed by atoms with E-state index in [-0.39, 0.29) is 23.9 Å². The van der Waals surface area contributed by atoms with E-state index in [1.165, 1.54) is 6.07 Å². The molecule has 0 spiro atoms. The standard InChI is InChI=1S/C25H25FN4O2.ClH/c26-22-8-2-1-7-21(22)24(28-19-6-3-5-17(15-19)16-27)25(32)29-18-10-12-20(13-11-18)30-14-4-9-23(30)31;/h1-3,5-8,10-13,15,24,28H,4,9,14,16,27H2,(H,29,32);1H. The van der Waals surface area contributed by atoms with Crippen LogP contribution in [0.15, 0.2) is 72.8 Å². The first-order valence-electron chi connectivity index (χ1n) is 10.6. The molecule has 1 atom stereocenters. The van der Waals surface area contributed by atoms with Gasteiger partial charge in [0.05, 0.1) is 0 Å². The van der Waals surface area contributed by atoms with Gasteiger partial charge in [-0.05, 0) is 54.4 Å². The normalized spacial score (nSPS) is 13.9. The van der Waals surface area contributed by atoms with Gasteiger partial charge in [-0.1, -0.05) is 30.3 Å². The second-order valence-electron chi connectivity index (χ2n) is 7.69. The number of anilines is 3. The summed E-state index contributed by atoms with van der Waals surface area (Å²) in [4.78, 5) is 26.9. The highest BCUT2D eigenvalue weighted by molar-refractivity contribution is 5.98. The van der Waals surface area contributed by atoms with Gasteiger partial charge in [0, 0.05) is 42.1 Å². The lowest BCUT2D eigenvalue weighted by molar-refractivity contribution is -0.117. The largest absolute Gasteiger partial charge is 0.370 e. The van der Waals surface area contributed by atoms with Crippen LogP contribution >= 0.6 is 12.4 Å². The van der Waals surface area contributed by atoms with E-state index in [4.69, 9.17) is 5.73 Å². The number of carbonyl (C=O) groups excluding carboxylic acids is 2. The van der Waals surface area contributed by atoms with Gasteiger partial charge in [0.25, 0.3) is 5.91 Å². The van der Waals surface area contributed by atoms with Crippen molar-refractivity contribution in [2.24, 2.45) is 5.73 Å². The zero-order valence-corrected chi connectivity index (χ0v) is 18.8. The summed E-state index contributed by atoms with van der Waals surface area (Å²) in [5.41, 5.74) is 8.88. The Morgan fingerprint density at radius 3 is 2.45 bits per heavy atom. The number of benzene rings is 3. The third-order valence-electron chi connectivity index (χ3n) is 5.47. The molecule has 0 aromatic heterocycles. The lowest BCUT2D eigenvalue weighted by Gasteiger charge is -2.21. The topological polar surface area (TPSA) is 87.5 Å². The Labute approximate surface area is 198 Å². The molecule has 3 aromatic carbocycles. The van der Waals surface area contributed by atoms with Gasteiger partial charge in [-0.2, -0.15) is 0 Å². The van der Waals surface area contributed by atoms with Crippen molar-refractivity contribution in [3.8, 4) is 0 Å². The Hall–Kier alpha value is -3.42. The van der Waals surface area contributed by atoms with Crippen LogP contribution in [0.3, 0.4) is 0 Å². The van der Waals surface area contributed by atoms with Gasteiger partial charge in [-0.3, -0.25) is 9.59 Å². The van der Waals surface area contributed by atoms with E-state index in [1.807, 2.05) is 24.3 Å². The van der Waals surface area contributed by atoms with Crippen molar-refractivity contribution >= 4 is 41.3 Å². The molecule has 1 aliphatic heterocycles. The summed E-state index contributed by atoms with van der Waals surface area (Å²) >= 11 is 0. The van der Waals surface area contributed by atoms with Gasteiger partial charge in [-0.15, -0.1) is 12.4 Å². The highest BCUT2D eigenvalue weighted by Crippen LogP contribution is 2.26. The number of carbonyl (C=O) groups is 2. The van der Waals surface area contributed by atoms with E-state index in [0.717, 1.165) is 17.7 Å². The van der Waals surface area contributed by atoms with Gasteiger partial charge < -0.3 is 21.3 Å². The van der Waals surface area contributed by atoms with Crippen molar-refractivity contribution in [2.75, 3.05) is 22.1 Å². The van der Waals surface area contributed by atoms with Crippen LogP contribution in [0.4, 0.5) is 21.5 Å². The predicted octanol–water partition coefficient (Wildman–Crippen LogP) is 4.62. The Kier molecular flexibility index (Phi) is 8.03. The summed E-state index contributed by atoms with van der Waals surface area (Å²) < 4.78 is 14.6. The third kappa shape index (κ3) is 5.69. The van der Waals surface area contributed by atoms with Gasteiger partial charge in [0.1, 0.15) is 11.9 Å². The summed E-state index contributed by atoms with van der Waals surface area (Å²) in [6, 6.07) is 19.7. The number of nitrogens with one attached hydrogen (secondary N) is 2. The minimum atomic E-state index is -0.955. The van der Waals surface area contributed by atoms with Crippen LogP contribution < -0.4 is 21.3 Å². The molecule has 1 saturated heterocycles. The number of rotatable bonds is 7. The molecule has 1 aliphatic rings. The fourth-order valence-corrected chi connectivity index (χ4v) is 3.81. The Morgan fingerprint density at radius 1 is 1.03 bits per heavy atom. The molecule has 6 nitrogen and oxygen atoms in total. The van der Waals surface area contributed by atoms with Crippen molar-refractivity contribution in [2.45, 2.75) is 25.4 Å². The molecule has 172 valence electrons. The lowest BCUT2D eigenvalue weighted by atomic mass is 10.0. The number of amides is 2. The van der Waals surface area contributed by atoms with Crippen molar-refractivity contribution in [1.82, 2.24) is 0 Å². The molecule has 4 rings (SSSR count). The molecular weight excluding hydrogens is 443 g/mol. The van der Waals surface area contributed by atoms with E-state index >= 15 is 0 Å². The van der Waals surface area contributed by atoms with Gasteiger partial charge in [-0.25, -0.2) is 4.39 Å². The second-order valence-corrected chi connectivity index (χ2v) is 7.69. The average Bonchev–Trinajstić information content (AvgIpc) is 3.24. The zero-order valence-electron chi connectivity index (χ0n) is 18.0. The van der Waals surface area contributed by atoms with Crippen LogP contribution in [-0.2, 0) is 16.1 Å². The van der Waals surface area contributed by atoms with Crippen LogP contribution in [0, 0.1) is 5.82 Å². The van der Waals surface area contributed by atoms with Gasteiger partial charge >= 0.3 is 0 Å². The van der Waals surface area contributed by atoms with E-state index < -0.39 is 17.8 Å². The first-order chi connectivity index (χ1) is 15.5. The maximum atomic E-state index is 14.6. The van der Waals surface area contributed by atoms with Crippen molar-refractivity contribution in [1.29, 1.82) is 0 Å². The lowest BCUT2D eigenvalue weighted by Crippen LogP contribution is -2.28. The van der Waals surface area contributed by atoms with Crippen LogP contribution in [0.2, 0.25) is 0 Å². The van der Waals surface area contributed by atoms with Crippen LogP contribution in [0.5, 0.6) is 0 Å². The maximum Gasteiger partial charge on any atom is 0.251 e. The number of halogens is 2. The van der Waals surface area contributed by atoms with Gasteiger partial charge in [0.15, 0.2) is 0 Å². The summed E-state index contributed by atoms with van der Waals surface area (Å²) in [5, 5.41) is 5.98. The quantitative estimate of drug-likeness (QED) is 0.472. The summed E-state index contributed by atoms with van der Waals surface area (Å²) in [6.07, 6.45) is 1.40. The van der Waals surface area contributed by atoms with E-state index in [2.05, 4.69) is 10.6 Å². The highest BCUT2D eigenvalue weighted by Gasteiger charge is 2.25. The Balaban J connectivity index is 0.00000306. The summed E-state index contributed by atoms with van der Waals surface area (Å²) in [7, 11) is 0. The molecule has 1 heterocycles. The number of hydrogen-bond donors (Lipinski definition) is 3. The molecule has 3 aromatic rings. The first kappa shape index (κ1) is 24.2. The van der Waals surface area contributed by atoms with E-state index in [1.54, 1.807) is 47.4 Å². The minimum absolute atomic E-state index is 0. The molecule has 0 radical (unpaired) electrons. The van der Waals surface area contributed by atoms with E-state index in [9.17, 15) is 14.0 Å². The summed E-state index contributed by atoms with van der Waals surface area (Å²) in [5.74, 6) is -0.776. The monoisotopic (exact) mass is 468 g/mol. The van der Waals surface area contributed by atoms with Crippen molar-refractivity contribution in [3.63, 3.8) is 0 Å². The SMILES string of the molecule is Cl.NCc1cccc(NC(C(=O)Nc2ccc(N3CCCC3=O)cc2)c2ccccc2F)c1. The highest BCUT2D eigenvalue weighted by atomic mass is 35.5. The smallest absolute Gasteiger partial charge is 0.251 e. The van der Waals surface area contributed by atoms with Gasteiger partial charge in [0.2, 0.25) is 5.91 Å². The van der Waals surface area contributed by atoms with E-state index in [0.29, 0.717) is 30.9 Å². The molecular formula is C25H26ClFN4O2. The molecule has 1 unspecified atom stereocenters. The zero-order chi connectivity index (χ0) is 22.5. The predicted molar refractivity (Wildman–Crippen MR) is 131 cm³/mol. The van der Waals surface area contributed by atoms with Crippen LogP contribution in [0.25, 0.3) is 0 Å². The molecule has 4 N–H and O–H groups in total. The number of nitrogens with two attached hydrogens (primary N) is 1. The van der Waals surface area contributed by atoms with Crippen LogP contribution in [-0.4, -0.2) is 18.4 Å². The minimum Gasteiger partial charge on any atom is -0.370 e. The molecule has 33 heavy (non-hydrogen) atoms. The molecule has 8 heteroatoms. The van der Waals surface area contributed by atoms with Crippen LogP contribution in [0.1, 0.15) is 30.0 Å². The van der Waals surface area contributed by atoms with Crippen molar-refractivity contribution in [3.05, 3.63) is 89.7 Å². The fourth-order valence-electron chi connectivity index (χ4n) is 3.81. The van der Waals surface area contributed by atoms with Crippen molar-refractivity contribution < 1.29 is 14.0 Å². The third-order valence-corrected chi connectivity index (χ3v) is 5.47. The second kappa shape index (κ2) is 10.9. The molecule has 0 bridgehead atoms. The first-order valence-corrected chi connectivity index (χ1v) is 10.6. The number of nitrogens with zero attached hydrogens (tertiary/aromatic N) is 1. The number of hydrogen-bond acceptors (Lipinski definition) is 4. The molecule has 1 fully saturated rings. The Bertz CT molecular complexity index is 1120. The summed E-state index contributed by atoms with van der Waals surface area (Å²) in [6.45, 7) is 1.06. The average molecular weight is 469 g/mol.